The molecule has 4 rings (SSSR count). The molecule has 1 aliphatic carbocycles. The smallest absolute Gasteiger partial charge is 0.258 e. The van der Waals surface area contributed by atoms with Crippen molar-refractivity contribution in [2.24, 2.45) is 0 Å². The zero-order valence-electron chi connectivity index (χ0n) is 15.7. The summed E-state index contributed by atoms with van der Waals surface area (Å²) < 4.78 is 5.69. The molecule has 1 aliphatic rings. The number of benzene rings is 3. The fourth-order valence-electron chi connectivity index (χ4n) is 3.80. The van der Waals surface area contributed by atoms with Crippen LogP contribution in [0.25, 0.3) is 10.8 Å². The molecule has 1 unspecified atom stereocenters. The van der Waals surface area contributed by atoms with Gasteiger partial charge in [0.05, 0.1) is 6.04 Å². The van der Waals surface area contributed by atoms with E-state index in [1.807, 2.05) is 43.3 Å². The molecule has 1 atom stereocenters. The Morgan fingerprint density at radius 1 is 0.963 bits per heavy atom. The van der Waals surface area contributed by atoms with Gasteiger partial charge in [0.15, 0.2) is 6.61 Å². The predicted molar refractivity (Wildman–Crippen MR) is 109 cm³/mol. The van der Waals surface area contributed by atoms with Gasteiger partial charge in [-0.1, -0.05) is 48.5 Å². The number of carbonyl (C=O) groups excluding carboxylic acids is 1. The number of aryl methyl sites for hydroxylation is 2. The number of hydrogen-bond donors (Lipinski definition) is 1. The van der Waals surface area contributed by atoms with Gasteiger partial charge in [-0.25, -0.2) is 0 Å². The summed E-state index contributed by atoms with van der Waals surface area (Å²) in [5.41, 5.74) is 4.06. The van der Waals surface area contributed by atoms with Crippen LogP contribution < -0.4 is 10.1 Å². The molecule has 0 spiro atoms. The Kier molecular flexibility index (Phi) is 5.10. The molecule has 0 bridgehead atoms. The molecule has 0 radical (unpaired) electrons. The lowest BCUT2D eigenvalue weighted by molar-refractivity contribution is -0.123. The highest BCUT2D eigenvalue weighted by atomic mass is 16.5. The van der Waals surface area contributed by atoms with Gasteiger partial charge in [-0.15, -0.1) is 0 Å². The van der Waals surface area contributed by atoms with Gasteiger partial charge in [-0.05, 0) is 72.2 Å². The number of fused-ring (bicyclic) bond motifs is 2. The highest BCUT2D eigenvalue weighted by molar-refractivity contribution is 5.84. The summed E-state index contributed by atoms with van der Waals surface area (Å²) in [4.78, 5) is 12.3. The third kappa shape index (κ3) is 4.13. The van der Waals surface area contributed by atoms with Crippen LogP contribution in [0.1, 0.15) is 42.5 Å². The van der Waals surface area contributed by atoms with Crippen molar-refractivity contribution in [2.45, 2.75) is 38.6 Å². The van der Waals surface area contributed by atoms with Crippen LogP contribution in [0.2, 0.25) is 0 Å². The van der Waals surface area contributed by atoms with Gasteiger partial charge >= 0.3 is 0 Å². The lowest BCUT2D eigenvalue weighted by Crippen LogP contribution is -2.31. The van der Waals surface area contributed by atoms with E-state index < -0.39 is 0 Å². The van der Waals surface area contributed by atoms with Crippen LogP contribution in [0.5, 0.6) is 5.75 Å². The van der Waals surface area contributed by atoms with E-state index >= 15 is 0 Å². The van der Waals surface area contributed by atoms with Crippen molar-refractivity contribution in [1.29, 1.82) is 0 Å². The average Bonchev–Trinajstić information content (AvgIpc) is 2.71. The van der Waals surface area contributed by atoms with E-state index in [4.69, 9.17) is 4.74 Å². The molecule has 138 valence electrons. The number of nitrogens with one attached hydrogen (secondary N) is 1. The summed E-state index contributed by atoms with van der Waals surface area (Å²) in [6.45, 7) is 2.05. The number of hydrogen-bond acceptors (Lipinski definition) is 2. The topological polar surface area (TPSA) is 38.3 Å². The Morgan fingerprint density at radius 2 is 1.74 bits per heavy atom. The fourth-order valence-corrected chi connectivity index (χ4v) is 3.80. The van der Waals surface area contributed by atoms with E-state index in [0.29, 0.717) is 5.75 Å². The first-order valence-corrected chi connectivity index (χ1v) is 9.72. The zero-order valence-corrected chi connectivity index (χ0v) is 15.7. The Hall–Kier alpha value is -2.81. The van der Waals surface area contributed by atoms with E-state index in [1.165, 1.54) is 30.4 Å². The summed E-state index contributed by atoms with van der Waals surface area (Å²) in [5, 5.41) is 5.32. The second-order valence-electron chi connectivity index (χ2n) is 7.32. The van der Waals surface area contributed by atoms with Crippen LogP contribution >= 0.6 is 0 Å². The molecule has 3 nitrogen and oxygen atoms in total. The lowest BCUT2D eigenvalue weighted by atomic mass is 9.89. The maximum absolute atomic E-state index is 12.3. The number of carbonyl (C=O) groups is 1. The molecule has 3 aromatic carbocycles. The van der Waals surface area contributed by atoms with Gasteiger partial charge in [-0.3, -0.25) is 4.79 Å². The van der Waals surface area contributed by atoms with Crippen LogP contribution in [-0.4, -0.2) is 12.5 Å². The van der Waals surface area contributed by atoms with Crippen LogP contribution in [0, 0.1) is 0 Å². The van der Waals surface area contributed by atoms with E-state index in [0.717, 1.165) is 22.8 Å². The standard InChI is InChI=1S/C24H25NO2/c1-17(20-11-10-18-6-2-4-8-21(18)14-20)25-24(26)16-27-23-13-12-19-7-3-5-9-22(19)15-23/h3,5,7,9-15,17H,2,4,6,8,16H2,1H3,(H,25,26). The Morgan fingerprint density at radius 3 is 2.59 bits per heavy atom. The summed E-state index contributed by atoms with van der Waals surface area (Å²) in [7, 11) is 0. The zero-order chi connectivity index (χ0) is 18.6. The van der Waals surface area contributed by atoms with Crippen LogP contribution in [0.4, 0.5) is 0 Å². The molecule has 3 aromatic rings. The third-order valence-corrected chi connectivity index (χ3v) is 5.34. The molecule has 0 fully saturated rings. The lowest BCUT2D eigenvalue weighted by Gasteiger charge is -2.20. The van der Waals surface area contributed by atoms with Crippen molar-refractivity contribution in [1.82, 2.24) is 5.32 Å². The first-order chi connectivity index (χ1) is 13.2. The van der Waals surface area contributed by atoms with Gasteiger partial charge in [0, 0.05) is 0 Å². The third-order valence-electron chi connectivity index (χ3n) is 5.34. The average molecular weight is 359 g/mol. The maximum atomic E-state index is 12.3. The normalized spacial score (nSPS) is 14.4. The van der Waals surface area contributed by atoms with Crippen molar-refractivity contribution >= 4 is 16.7 Å². The van der Waals surface area contributed by atoms with Crippen molar-refractivity contribution in [2.75, 3.05) is 6.61 Å². The monoisotopic (exact) mass is 359 g/mol. The van der Waals surface area contributed by atoms with Gasteiger partial charge < -0.3 is 10.1 Å². The minimum absolute atomic E-state index is 0.0214. The SMILES string of the molecule is CC(NC(=O)COc1ccc2ccccc2c1)c1ccc2c(c1)CCCC2. The van der Waals surface area contributed by atoms with Gasteiger partial charge in [0.2, 0.25) is 0 Å². The second-order valence-corrected chi connectivity index (χ2v) is 7.32. The molecule has 0 heterocycles. The molecule has 3 heteroatoms. The number of amides is 1. The predicted octanol–water partition coefficient (Wildman–Crippen LogP) is 4.97. The van der Waals surface area contributed by atoms with E-state index in [2.05, 4.69) is 29.6 Å². The first kappa shape index (κ1) is 17.6. The van der Waals surface area contributed by atoms with E-state index in [-0.39, 0.29) is 18.6 Å². The first-order valence-electron chi connectivity index (χ1n) is 9.72. The highest BCUT2D eigenvalue weighted by Crippen LogP contribution is 2.25. The van der Waals surface area contributed by atoms with E-state index in [9.17, 15) is 4.79 Å². The quantitative estimate of drug-likeness (QED) is 0.698. The molecule has 0 aromatic heterocycles. The molecule has 0 saturated carbocycles. The van der Waals surface area contributed by atoms with Gasteiger partial charge in [0.1, 0.15) is 5.75 Å². The summed E-state index contributed by atoms with van der Waals surface area (Å²) in [6.07, 6.45) is 4.87. The van der Waals surface area contributed by atoms with Crippen molar-refractivity contribution < 1.29 is 9.53 Å². The van der Waals surface area contributed by atoms with Crippen LogP contribution in [0.3, 0.4) is 0 Å². The second kappa shape index (κ2) is 7.83. The molecule has 0 saturated heterocycles. The van der Waals surface area contributed by atoms with Gasteiger partial charge in [-0.2, -0.15) is 0 Å². The minimum atomic E-state index is -0.103. The van der Waals surface area contributed by atoms with Crippen molar-refractivity contribution in [3.63, 3.8) is 0 Å². The Balaban J connectivity index is 1.35. The summed E-state index contributed by atoms with van der Waals surface area (Å²) in [6, 6.07) is 20.6. The van der Waals surface area contributed by atoms with Gasteiger partial charge in [0.25, 0.3) is 5.91 Å². The van der Waals surface area contributed by atoms with Crippen molar-refractivity contribution in [3.8, 4) is 5.75 Å². The molecule has 1 amide bonds. The summed E-state index contributed by atoms with van der Waals surface area (Å²) >= 11 is 0. The van der Waals surface area contributed by atoms with Crippen molar-refractivity contribution in [3.05, 3.63) is 77.4 Å². The molecular weight excluding hydrogens is 334 g/mol. The highest BCUT2D eigenvalue weighted by Gasteiger charge is 2.14. The Labute approximate surface area is 160 Å². The number of ether oxygens (including phenoxy) is 1. The molecule has 0 aliphatic heterocycles. The van der Waals surface area contributed by atoms with E-state index in [1.54, 1.807) is 0 Å². The maximum Gasteiger partial charge on any atom is 0.258 e. The Bertz CT molecular complexity index is 964. The minimum Gasteiger partial charge on any atom is -0.484 e. The fraction of sp³-hybridized carbons (Fsp3) is 0.292. The van der Waals surface area contributed by atoms with Crippen LogP contribution in [-0.2, 0) is 17.6 Å². The molecular formula is C24H25NO2. The largest absolute Gasteiger partial charge is 0.484 e. The molecule has 27 heavy (non-hydrogen) atoms. The summed E-state index contributed by atoms with van der Waals surface area (Å²) in [5.74, 6) is 0.610. The van der Waals surface area contributed by atoms with Crippen LogP contribution in [0.15, 0.2) is 60.7 Å². The molecule has 1 N–H and O–H groups in total. The number of rotatable bonds is 5.